The van der Waals surface area contributed by atoms with E-state index in [9.17, 15) is 9.18 Å². The maximum Gasteiger partial charge on any atom is 0.228 e. The fourth-order valence-corrected chi connectivity index (χ4v) is 3.26. The molecule has 2 N–H and O–H groups in total. The van der Waals surface area contributed by atoms with Crippen LogP contribution in [0.25, 0.3) is 0 Å². The molecular weight excluding hydrogens is 319 g/mol. The fraction of sp³-hybridized carbons (Fsp3) is 0.350. The van der Waals surface area contributed by atoms with Crippen molar-refractivity contribution in [3.63, 3.8) is 0 Å². The van der Waals surface area contributed by atoms with Gasteiger partial charge in [0.05, 0.1) is 0 Å². The smallest absolute Gasteiger partial charge is 0.228 e. The van der Waals surface area contributed by atoms with E-state index in [4.69, 9.17) is 10.5 Å². The molecule has 0 spiro atoms. The number of nitrogens with two attached hydrogens (primary N) is 1. The van der Waals surface area contributed by atoms with Crippen LogP contribution in [-0.2, 0) is 6.54 Å². The normalized spacial score (nSPS) is 15.2. The summed E-state index contributed by atoms with van der Waals surface area (Å²) in [6, 6.07) is 15.0. The van der Waals surface area contributed by atoms with Gasteiger partial charge < -0.3 is 15.4 Å². The highest BCUT2D eigenvalue weighted by Crippen LogP contribution is 2.26. The number of alkyl halides is 1. The predicted octanol–water partition coefficient (Wildman–Crippen LogP) is 3.55. The molecule has 0 atom stereocenters. The first-order chi connectivity index (χ1) is 12.2. The molecule has 2 aromatic carbocycles. The van der Waals surface area contributed by atoms with Gasteiger partial charge in [0.15, 0.2) is 5.78 Å². The van der Waals surface area contributed by atoms with E-state index in [2.05, 4.69) is 17.0 Å². The minimum atomic E-state index is -0.863. The predicted molar refractivity (Wildman–Crippen MR) is 96.6 cm³/mol. The van der Waals surface area contributed by atoms with Gasteiger partial charge in [0.25, 0.3) is 0 Å². The van der Waals surface area contributed by atoms with Gasteiger partial charge in [-0.25, -0.2) is 4.39 Å². The second kappa shape index (κ2) is 8.12. The lowest BCUT2D eigenvalue weighted by molar-refractivity contribution is 0.0900. The van der Waals surface area contributed by atoms with Crippen LogP contribution in [0.15, 0.2) is 48.5 Å². The molecule has 1 aliphatic heterocycles. The molecule has 0 bridgehead atoms. The van der Waals surface area contributed by atoms with Crippen LogP contribution < -0.4 is 15.4 Å². The third-order valence-electron chi connectivity index (χ3n) is 4.76. The molecule has 0 aromatic heterocycles. The first-order valence-corrected chi connectivity index (χ1v) is 8.58. The summed E-state index contributed by atoms with van der Waals surface area (Å²) in [5.41, 5.74) is 8.59. The summed E-state index contributed by atoms with van der Waals surface area (Å²) < 4.78 is 16.9. The van der Waals surface area contributed by atoms with E-state index in [0.29, 0.717) is 17.9 Å². The summed E-state index contributed by atoms with van der Waals surface area (Å²) in [4.78, 5) is 15.0. The molecule has 0 unspecified atom stereocenters. The monoisotopic (exact) mass is 342 g/mol. The molecule has 0 amide bonds. The number of hydrogen-bond acceptors (Lipinski definition) is 4. The van der Waals surface area contributed by atoms with Gasteiger partial charge in [0.1, 0.15) is 5.75 Å². The van der Waals surface area contributed by atoms with Crippen molar-refractivity contribution < 1.29 is 13.9 Å². The van der Waals surface area contributed by atoms with Gasteiger partial charge in [-0.3, -0.25) is 4.79 Å². The molecule has 0 radical (unpaired) electrons. The lowest BCUT2D eigenvalue weighted by Gasteiger charge is -2.33. The van der Waals surface area contributed by atoms with Gasteiger partial charge in [-0.05, 0) is 54.8 Å². The molecule has 1 fully saturated rings. The minimum absolute atomic E-state index is 0.0347. The van der Waals surface area contributed by atoms with Crippen molar-refractivity contribution in [1.29, 1.82) is 0 Å². The average Bonchev–Trinajstić information content (AvgIpc) is 2.68. The van der Waals surface area contributed by atoms with Gasteiger partial charge in [-0.1, -0.05) is 12.1 Å². The van der Waals surface area contributed by atoms with Crippen molar-refractivity contribution in [2.45, 2.75) is 19.4 Å². The number of nitrogens with zero attached hydrogens (tertiary/aromatic N) is 1. The largest absolute Gasteiger partial charge is 0.463 e. The Hall–Kier alpha value is -2.40. The third-order valence-corrected chi connectivity index (χ3v) is 4.76. The Balaban J connectivity index is 1.58. The lowest BCUT2D eigenvalue weighted by Crippen LogP contribution is -2.36. The highest BCUT2D eigenvalue weighted by molar-refractivity contribution is 5.98. The van der Waals surface area contributed by atoms with E-state index in [0.717, 1.165) is 31.5 Å². The van der Waals surface area contributed by atoms with Crippen LogP contribution in [0.4, 0.5) is 10.1 Å². The number of anilines is 1. The molecule has 4 nitrogen and oxygen atoms in total. The van der Waals surface area contributed by atoms with E-state index >= 15 is 0 Å². The number of ether oxygens (including phenoxy) is 1. The number of Topliss-reactive ketones (excluding diaryl/α,β-unsaturated/α-hetero) is 1. The van der Waals surface area contributed by atoms with Gasteiger partial charge in [-0.15, -0.1) is 0 Å². The van der Waals surface area contributed by atoms with Gasteiger partial charge in [0.2, 0.25) is 6.86 Å². The molecular formula is C20H23FN2O2. The van der Waals surface area contributed by atoms with Crippen molar-refractivity contribution in [2.75, 3.05) is 24.9 Å². The van der Waals surface area contributed by atoms with Crippen LogP contribution in [0.2, 0.25) is 0 Å². The van der Waals surface area contributed by atoms with E-state index in [1.807, 2.05) is 12.1 Å². The fourth-order valence-electron chi connectivity index (χ4n) is 3.26. The SMILES string of the molecule is NCc1ccc(N2CCC(C(=O)c3ccc(OCF)cc3)CC2)cc1. The zero-order chi connectivity index (χ0) is 17.6. The summed E-state index contributed by atoms with van der Waals surface area (Å²) in [6.07, 6.45) is 1.67. The lowest BCUT2D eigenvalue weighted by atomic mass is 9.88. The van der Waals surface area contributed by atoms with Crippen LogP contribution in [0, 0.1) is 5.92 Å². The van der Waals surface area contributed by atoms with E-state index < -0.39 is 6.86 Å². The van der Waals surface area contributed by atoms with E-state index in [1.165, 1.54) is 5.69 Å². The van der Waals surface area contributed by atoms with Crippen molar-refractivity contribution in [2.24, 2.45) is 11.7 Å². The topological polar surface area (TPSA) is 55.6 Å². The summed E-state index contributed by atoms with van der Waals surface area (Å²) in [6.45, 7) is 1.41. The second-order valence-corrected chi connectivity index (χ2v) is 6.27. The van der Waals surface area contributed by atoms with Crippen LogP contribution in [-0.4, -0.2) is 25.7 Å². The van der Waals surface area contributed by atoms with Crippen LogP contribution in [0.5, 0.6) is 5.75 Å². The Kier molecular flexibility index (Phi) is 5.66. The van der Waals surface area contributed by atoms with E-state index in [-0.39, 0.29) is 11.7 Å². The van der Waals surface area contributed by atoms with Crippen molar-refractivity contribution in [3.8, 4) is 5.75 Å². The molecule has 3 rings (SSSR count). The van der Waals surface area contributed by atoms with Crippen LogP contribution in [0.1, 0.15) is 28.8 Å². The maximum absolute atomic E-state index is 12.6. The Morgan fingerprint density at radius 1 is 1.08 bits per heavy atom. The zero-order valence-electron chi connectivity index (χ0n) is 14.2. The number of halogens is 1. The Morgan fingerprint density at radius 3 is 2.28 bits per heavy atom. The first kappa shape index (κ1) is 17.4. The Labute approximate surface area is 147 Å². The molecule has 2 aromatic rings. The van der Waals surface area contributed by atoms with E-state index in [1.54, 1.807) is 24.3 Å². The maximum atomic E-state index is 12.6. The Bertz CT molecular complexity index is 693. The summed E-state index contributed by atoms with van der Waals surface area (Å²) in [5, 5.41) is 0. The molecule has 1 saturated heterocycles. The number of benzene rings is 2. The molecule has 1 heterocycles. The second-order valence-electron chi connectivity index (χ2n) is 6.27. The summed E-state index contributed by atoms with van der Waals surface area (Å²) in [7, 11) is 0. The third kappa shape index (κ3) is 4.17. The standard InChI is InChI=1S/C20H23FN2O2/c21-14-25-19-7-3-16(4-8-19)20(24)17-9-11-23(12-10-17)18-5-1-15(13-22)2-6-18/h1-8,17H,9-14,22H2. The first-order valence-electron chi connectivity index (χ1n) is 8.58. The summed E-state index contributed by atoms with van der Waals surface area (Å²) in [5.74, 6) is 0.632. The molecule has 5 heteroatoms. The number of ketones is 1. The van der Waals surface area contributed by atoms with Crippen molar-refractivity contribution >= 4 is 11.5 Å². The molecule has 1 aliphatic rings. The zero-order valence-corrected chi connectivity index (χ0v) is 14.2. The van der Waals surface area contributed by atoms with Crippen molar-refractivity contribution in [3.05, 3.63) is 59.7 Å². The minimum Gasteiger partial charge on any atom is -0.463 e. The van der Waals surface area contributed by atoms with Gasteiger partial charge in [-0.2, -0.15) is 0 Å². The number of carbonyl (C=O) groups is 1. The Morgan fingerprint density at radius 2 is 1.72 bits per heavy atom. The quantitative estimate of drug-likeness (QED) is 0.816. The number of piperidine rings is 1. The molecule has 25 heavy (non-hydrogen) atoms. The molecule has 0 aliphatic carbocycles. The van der Waals surface area contributed by atoms with Crippen LogP contribution >= 0.6 is 0 Å². The van der Waals surface area contributed by atoms with Crippen molar-refractivity contribution in [1.82, 2.24) is 0 Å². The highest BCUT2D eigenvalue weighted by Gasteiger charge is 2.26. The highest BCUT2D eigenvalue weighted by atomic mass is 19.1. The summed E-state index contributed by atoms with van der Waals surface area (Å²) >= 11 is 0. The number of carbonyl (C=O) groups excluding carboxylic acids is 1. The average molecular weight is 342 g/mol. The molecule has 0 saturated carbocycles. The van der Waals surface area contributed by atoms with Gasteiger partial charge >= 0.3 is 0 Å². The van der Waals surface area contributed by atoms with Crippen LogP contribution in [0.3, 0.4) is 0 Å². The number of rotatable bonds is 6. The number of hydrogen-bond donors (Lipinski definition) is 1. The van der Waals surface area contributed by atoms with Gasteiger partial charge in [0, 0.05) is 36.8 Å². The molecule has 132 valence electrons.